The Balaban J connectivity index is 2.30. The molecule has 0 aromatic heterocycles. The van der Waals surface area contributed by atoms with Crippen molar-refractivity contribution >= 4 is 29.0 Å². The smallest absolute Gasteiger partial charge is 0.258 e. The molecule has 1 aromatic rings. The lowest BCUT2D eigenvalue weighted by Crippen LogP contribution is -2.32. The molecule has 0 aliphatic rings. The van der Waals surface area contributed by atoms with Crippen LogP contribution in [0.3, 0.4) is 0 Å². The maximum atomic E-state index is 11.5. The second kappa shape index (κ2) is 8.88. The Morgan fingerprint density at radius 2 is 1.90 bits per heavy atom. The molecule has 8 heteroatoms. The molecule has 0 aliphatic carbocycles. The zero-order chi connectivity index (χ0) is 15.7. The minimum atomic E-state index is -0.556. The average Bonchev–Trinajstić information content (AvgIpc) is 2.44. The van der Waals surface area contributed by atoms with Crippen LogP contribution in [0.15, 0.2) is 24.3 Å². The number of carbonyl (C=O) groups excluding carboxylic acids is 2. The van der Waals surface area contributed by atoms with Crippen molar-refractivity contribution in [2.75, 3.05) is 26.4 Å². The maximum Gasteiger partial charge on any atom is 0.258 e. The summed E-state index contributed by atoms with van der Waals surface area (Å²) in [5.41, 5.74) is 11.0. The molecular weight excluding hydrogens is 294 g/mol. The monoisotopic (exact) mass is 311 g/mol. The number of nitrogens with one attached hydrogen (secondary N) is 1. The number of rotatable bonds is 9. The molecule has 114 valence electrons. The van der Waals surface area contributed by atoms with Crippen molar-refractivity contribution in [1.82, 2.24) is 5.32 Å². The SMILES string of the molecule is NC(=O)COCCNC(=O)COc1ccccc1C(N)=S. The second-order valence-electron chi connectivity index (χ2n) is 4.02. The summed E-state index contributed by atoms with van der Waals surface area (Å²) in [4.78, 5) is 22.2. The van der Waals surface area contributed by atoms with Crippen LogP contribution < -0.4 is 21.5 Å². The van der Waals surface area contributed by atoms with Crippen LogP contribution in [0.2, 0.25) is 0 Å². The fraction of sp³-hybridized carbons (Fsp3) is 0.308. The molecule has 0 saturated heterocycles. The third-order valence-electron chi connectivity index (χ3n) is 2.32. The quantitative estimate of drug-likeness (QED) is 0.411. The molecule has 0 fully saturated rings. The molecule has 7 nitrogen and oxygen atoms in total. The van der Waals surface area contributed by atoms with Crippen molar-refractivity contribution in [1.29, 1.82) is 0 Å². The van der Waals surface area contributed by atoms with Crippen LogP contribution in [-0.4, -0.2) is 43.2 Å². The lowest BCUT2D eigenvalue weighted by molar-refractivity contribution is -0.123. The van der Waals surface area contributed by atoms with E-state index in [2.05, 4.69) is 5.32 Å². The van der Waals surface area contributed by atoms with E-state index in [1.165, 1.54) is 0 Å². The van der Waals surface area contributed by atoms with Crippen molar-refractivity contribution < 1.29 is 19.1 Å². The summed E-state index contributed by atoms with van der Waals surface area (Å²) in [7, 11) is 0. The van der Waals surface area contributed by atoms with E-state index in [4.69, 9.17) is 33.2 Å². The summed E-state index contributed by atoms with van der Waals surface area (Å²) in [5.74, 6) is -0.431. The standard InChI is InChI=1S/C13H17N3O4S/c14-11(17)7-19-6-5-16-12(18)8-20-10-4-2-1-3-9(10)13(15)21/h1-4H,5-8H2,(H2,14,17)(H2,15,21)(H,16,18). The highest BCUT2D eigenvalue weighted by Crippen LogP contribution is 2.17. The van der Waals surface area contributed by atoms with Crippen LogP contribution in [0, 0.1) is 0 Å². The third kappa shape index (κ3) is 6.68. The van der Waals surface area contributed by atoms with Gasteiger partial charge < -0.3 is 26.3 Å². The number of hydrogen-bond acceptors (Lipinski definition) is 5. The van der Waals surface area contributed by atoms with Crippen molar-refractivity contribution in [2.45, 2.75) is 0 Å². The van der Waals surface area contributed by atoms with Crippen molar-refractivity contribution in [2.24, 2.45) is 11.5 Å². The normalized spacial score (nSPS) is 9.90. The van der Waals surface area contributed by atoms with Gasteiger partial charge in [-0.05, 0) is 12.1 Å². The zero-order valence-electron chi connectivity index (χ0n) is 11.3. The van der Waals surface area contributed by atoms with Gasteiger partial charge in [-0.25, -0.2) is 0 Å². The first-order valence-corrected chi connectivity index (χ1v) is 6.56. The molecule has 2 amide bonds. The van der Waals surface area contributed by atoms with Gasteiger partial charge in [-0.1, -0.05) is 24.4 Å². The van der Waals surface area contributed by atoms with Gasteiger partial charge in [0.05, 0.1) is 12.2 Å². The number of ether oxygens (including phenoxy) is 2. The average molecular weight is 311 g/mol. The number of thiocarbonyl (C=S) groups is 1. The van der Waals surface area contributed by atoms with E-state index in [-0.39, 0.29) is 37.3 Å². The Hall–Kier alpha value is -2.19. The molecule has 1 aromatic carbocycles. The maximum absolute atomic E-state index is 11.5. The second-order valence-corrected chi connectivity index (χ2v) is 4.46. The predicted molar refractivity (Wildman–Crippen MR) is 80.8 cm³/mol. The highest BCUT2D eigenvalue weighted by atomic mass is 32.1. The molecule has 0 unspecified atom stereocenters. The Labute approximate surface area is 127 Å². The summed E-state index contributed by atoms with van der Waals surface area (Å²) < 4.78 is 10.3. The number of amides is 2. The topological polar surface area (TPSA) is 117 Å². The van der Waals surface area contributed by atoms with Gasteiger partial charge in [0.2, 0.25) is 5.91 Å². The first-order chi connectivity index (χ1) is 10.0. The lowest BCUT2D eigenvalue weighted by atomic mass is 10.2. The van der Waals surface area contributed by atoms with Crippen molar-refractivity contribution in [3.05, 3.63) is 29.8 Å². The molecule has 1 rings (SSSR count). The largest absolute Gasteiger partial charge is 0.483 e. The molecule has 0 spiro atoms. The highest BCUT2D eigenvalue weighted by Gasteiger charge is 2.08. The van der Waals surface area contributed by atoms with Gasteiger partial charge in [-0.15, -0.1) is 0 Å². The Morgan fingerprint density at radius 1 is 1.19 bits per heavy atom. The number of carbonyl (C=O) groups is 2. The van der Waals surface area contributed by atoms with Crippen LogP contribution in [0.1, 0.15) is 5.56 Å². The van der Waals surface area contributed by atoms with Crippen molar-refractivity contribution in [3.8, 4) is 5.75 Å². The number of hydrogen-bond donors (Lipinski definition) is 3. The Kier molecular flexibility index (Phi) is 7.13. The third-order valence-corrected chi connectivity index (χ3v) is 2.54. The van der Waals surface area contributed by atoms with Gasteiger partial charge in [0.25, 0.3) is 5.91 Å². The molecule has 0 radical (unpaired) electrons. The molecule has 0 aliphatic heterocycles. The molecule has 0 saturated carbocycles. The first-order valence-electron chi connectivity index (χ1n) is 6.15. The fourth-order valence-electron chi connectivity index (χ4n) is 1.43. The molecular formula is C13H17N3O4S. The number of para-hydroxylation sites is 1. The van der Waals surface area contributed by atoms with Crippen LogP contribution >= 0.6 is 12.2 Å². The highest BCUT2D eigenvalue weighted by molar-refractivity contribution is 7.80. The van der Waals surface area contributed by atoms with Crippen LogP contribution in [0.25, 0.3) is 0 Å². The Bertz CT molecular complexity index is 522. The summed E-state index contributed by atoms with van der Waals surface area (Å²) >= 11 is 4.89. The number of primary amides is 1. The van der Waals surface area contributed by atoms with Crippen LogP contribution in [0.5, 0.6) is 5.75 Å². The minimum Gasteiger partial charge on any atom is -0.483 e. The molecule has 0 heterocycles. The summed E-state index contributed by atoms with van der Waals surface area (Å²) in [6, 6.07) is 6.93. The van der Waals surface area contributed by atoms with Gasteiger partial charge in [0.1, 0.15) is 17.3 Å². The number of nitrogens with two attached hydrogens (primary N) is 2. The van der Waals surface area contributed by atoms with E-state index in [9.17, 15) is 9.59 Å². The van der Waals surface area contributed by atoms with Gasteiger partial charge >= 0.3 is 0 Å². The van der Waals surface area contributed by atoms with E-state index in [1.807, 2.05) is 0 Å². The van der Waals surface area contributed by atoms with E-state index < -0.39 is 5.91 Å². The Morgan fingerprint density at radius 3 is 2.57 bits per heavy atom. The zero-order valence-corrected chi connectivity index (χ0v) is 12.2. The van der Waals surface area contributed by atoms with Crippen molar-refractivity contribution in [3.63, 3.8) is 0 Å². The summed E-state index contributed by atoms with van der Waals surface area (Å²) in [6.07, 6.45) is 0. The number of benzene rings is 1. The lowest BCUT2D eigenvalue weighted by Gasteiger charge is -2.10. The van der Waals surface area contributed by atoms with E-state index in [0.29, 0.717) is 11.3 Å². The molecule has 21 heavy (non-hydrogen) atoms. The van der Waals surface area contributed by atoms with Gasteiger partial charge in [-0.2, -0.15) is 0 Å². The van der Waals surface area contributed by atoms with Crippen LogP contribution in [0.4, 0.5) is 0 Å². The summed E-state index contributed by atoms with van der Waals surface area (Å²) in [6.45, 7) is 0.105. The molecule has 5 N–H and O–H groups in total. The van der Waals surface area contributed by atoms with E-state index in [1.54, 1.807) is 24.3 Å². The molecule has 0 atom stereocenters. The van der Waals surface area contributed by atoms with Gasteiger partial charge in [-0.3, -0.25) is 9.59 Å². The van der Waals surface area contributed by atoms with Crippen LogP contribution in [-0.2, 0) is 14.3 Å². The fourth-order valence-corrected chi connectivity index (χ4v) is 1.59. The first kappa shape index (κ1) is 16.9. The molecule has 0 bridgehead atoms. The summed E-state index contributed by atoms with van der Waals surface area (Å²) in [5, 5.41) is 2.57. The predicted octanol–water partition coefficient (Wildman–Crippen LogP) is -0.682. The van der Waals surface area contributed by atoms with Gasteiger partial charge in [0, 0.05) is 6.54 Å². The minimum absolute atomic E-state index is 0.171. The van der Waals surface area contributed by atoms with E-state index >= 15 is 0 Å². The van der Waals surface area contributed by atoms with Gasteiger partial charge in [0.15, 0.2) is 6.61 Å². The van der Waals surface area contributed by atoms with E-state index in [0.717, 1.165) is 0 Å².